The fourth-order valence-electron chi connectivity index (χ4n) is 10.7. The fourth-order valence-corrected chi connectivity index (χ4v) is 10.7. The lowest BCUT2D eigenvalue weighted by molar-refractivity contribution is 0.659. The molecule has 0 bridgehead atoms. The van der Waals surface area contributed by atoms with E-state index in [2.05, 4.69) is 231 Å². The first kappa shape index (κ1) is 38.1. The Labute approximate surface area is 383 Å². The number of para-hydroxylation sites is 4. The van der Waals surface area contributed by atoms with Gasteiger partial charge in [-0.25, -0.2) is 0 Å². The molecule has 66 heavy (non-hydrogen) atoms. The van der Waals surface area contributed by atoms with Crippen molar-refractivity contribution < 1.29 is 8.83 Å². The second-order valence-electron chi connectivity index (χ2n) is 18.0. The summed E-state index contributed by atoms with van der Waals surface area (Å²) in [5.41, 5.74) is 20.7. The molecule has 0 N–H and O–H groups in total. The van der Waals surface area contributed by atoms with Gasteiger partial charge in [0.05, 0.1) is 0 Å². The van der Waals surface area contributed by atoms with Gasteiger partial charge < -0.3 is 13.7 Å². The summed E-state index contributed by atoms with van der Waals surface area (Å²) >= 11 is 0. The standard InChI is InChI=1S/C63H43NO2/c1-63(2)57-39-47(64(45-31-27-42(28-32-45)40-15-5-3-6-16-40)46-33-29-43(30-34-46)41-17-7-4-8-18-41)35-36-49(57)55-37-44(48-21-13-22-52-50-19-9-11-25-58(50)65-61(48)52)38-56(60(55)63)54-24-14-23-53-51-20-10-12-26-59(51)66-62(53)54/h3-39H,1-2H3. The van der Waals surface area contributed by atoms with Crippen LogP contribution in [0.2, 0.25) is 0 Å². The molecule has 2 heterocycles. The number of hydrogen-bond donors (Lipinski definition) is 0. The first-order valence-electron chi connectivity index (χ1n) is 22.7. The third kappa shape index (κ3) is 5.97. The monoisotopic (exact) mass is 845 g/mol. The van der Waals surface area contributed by atoms with Crippen molar-refractivity contribution in [2.75, 3.05) is 4.90 Å². The van der Waals surface area contributed by atoms with E-state index in [9.17, 15) is 0 Å². The third-order valence-corrected chi connectivity index (χ3v) is 13.9. The van der Waals surface area contributed by atoms with Crippen LogP contribution >= 0.6 is 0 Å². The molecule has 0 atom stereocenters. The second-order valence-corrected chi connectivity index (χ2v) is 18.0. The van der Waals surface area contributed by atoms with E-state index < -0.39 is 0 Å². The lowest BCUT2D eigenvalue weighted by Gasteiger charge is -2.29. The van der Waals surface area contributed by atoms with Crippen LogP contribution in [0.3, 0.4) is 0 Å². The van der Waals surface area contributed by atoms with E-state index in [1.54, 1.807) is 0 Å². The molecule has 0 aliphatic heterocycles. The topological polar surface area (TPSA) is 29.5 Å². The van der Waals surface area contributed by atoms with Gasteiger partial charge in [0.1, 0.15) is 22.3 Å². The molecular formula is C63H43NO2. The number of hydrogen-bond acceptors (Lipinski definition) is 3. The molecule has 12 aromatic rings. The first-order valence-corrected chi connectivity index (χ1v) is 22.7. The maximum absolute atomic E-state index is 6.80. The number of anilines is 3. The van der Waals surface area contributed by atoms with Crippen LogP contribution < -0.4 is 4.90 Å². The molecule has 1 aliphatic carbocycles. The van der Waals surface area contributed by atoms with Crippen LogP contribution in [-0.2, 0) is 5.41 Å². The Hall–Kier alpha value is -8.40. The highest BCUT2D eigenvalue weighted by atomic mass is 16.3. The average Bonchev–Trinajstić information content (AvgIpc) is 4.02. The van der Waals surface area contributed by atoms with E-state index in [1.807, 2.05) is 12.1 Å². The smallest absolute Gasteiger partial charge is 0.143 e. The highest BCUT2D eigenvalue weighted by molar-refractivity contribution is 6.12. The van der Waals surface area contributed by atoms with Crippen LogP contribution in [0.15, 0.2) is 233 Å². The number of benzene rings is 10. The van der Waals surface area contributed by atoms with Gasteiger partial charge in [0.25, 0.3) is 0 Å². The van der Waals surface area contributed by atoms with Gasteiger partial charge in [0.2, 0.25) is 0 Å². The Bertz CT molecular complexity index is 3740. The zero-order valence-corrected chi connectivity index (χ0v) is 36.6. The van der Waals surface area contributed by atoms with Gasteiger partial charge in [0.15, 0.2) is 0 Å². The van der Waals surface area contributed by atoms with Gasteiger partial charge in [-0.1, -0.05) is 178 Å². The van der Waals surface area contributed by atoms with Crippen molar-refractivity contribution in [2.24, 2.45) is 0 Å². The van der Waals surface area contributed by atoms with Gasteiger partial charge in [0, 0.05) is 55.1 Å². The molecule has 1 aliphatic rings. The molecule has 312 valence electrons. The number of nitrogens with zero attached hydrogens (tertiary/aromatic N) is 1. The van der Waals surface area contributed by atoms with E-state index in [0.717, 1.165) is 83.2 Å². The van der Waals surface area contributed by atoms with Crippen molar-refractivity contribution in [1.82, 2.24) is 0 Å². The van der Waals surface area contributed by atoms with Crippen molar-refractivity contribution >= 4 is 60.9 Å². The van der Waals surface area contributed by atoms with E-state index in [1.165, 1.54) is 44.5 Å². The molecule has 0 fully saturated rings. The number of fused-ring (bicyclic) bond motifs is 9. The second kappa shape index (κ2) is 14.8. The first-order chi connectivity index (χ1) is 32.5. The summed E-state index contributed by atoms with van der Waals surface area (Å²) < 4.78 is 13.5. The van der Waals surface area contributed by atoms with Crippen LogP contribution in [0, 0.1) is 0 Å². The molecule has 0 spiro atoms. The molecule has 3 heteroatoms. The van der Waals surface area contributed by atoms with Crippen molar-refractivity contribution in [3.05, 3.63) is 236 Å². The minimum absolute atomic E-state index is 0.381. The van der Waals surface area contributed by atoms with Crippen LogP contribution in [0.4, 0.5) is 17.1 Å². The highest BCUT2D eigenvalue weighted by Gasteiger charge is 2.39. The Morgan fingerprint density at radius 1 is 0.318 bits per heavy atom. The predicted octanol–water partition coefficient (Wildman–Crippen LogP) is 17.9. The Morgan fingerprint density at radius 2 is 0.758 bits per heavy atom. The maximum Gasteiger partial charge on any atom is 0.143 e. The van der Waals surface area contributed by atoms with Crippen LogP contribution in [-0.4, -0.2) is 0 Å². The Kier molecular flexibility index (Phi) is 8.56. The summed E-state index contributed by atoms with van der Waals surface area (Å²) in [7, 11) is 0. The molecule has 0 radical (unpaired) electrons. The van der Waals surface area contributed by atoms with Gasteiger partial charge in [-0.2, -0.15) is 0 Å². The van der Waals surface area contributed by atoms with Crippen molar-refractivity contribution in [3.8, 4) is 55.6 Å². The summed E-state index contributed by atoms with van der Waals surface area (Å²) in [6.07, 6.45) is 0. The van der Waals surface area contributed by atoms with Crippen LogP contribution in [0.5, 0.6) is 0 Å². The van der Waals surface area contributed by atoms with Gasteiger partial charge in [-0.15, -0.1) is 0 Å². The molecule has 0 saturated heterocycles. The van der Waals surface area contributed by atoms with Crippen LogP contribution in [0.1, 0.15) is 25.0 Å². The summed E-state index contributed by atoms with van der Waals surface area (Å²) in [5, 5.41) is 4.47. The van der Waals surface area contributed by atoms with E-state index in [4.69, 9.17) is 8.83 Å². The SMILES string of the molecule is CC1(C)c2cc(N(c3ccc(-c4ccccc4)cc3)c3ccc(-c4ccccc4)cc3)ccc2-c2cc(-c3cccc4c3oc3ccccc34)cc(-c3cccc4c3oc3ccccc34)c21. The molecule has 0 amide bonds. The summed E-state index contributed by atoms with van der Waals surface area (Å²) in [6, 6.07) is 80.8. The minimum atomic E-state index is -0.381. The third-order valence-electron chi connectivity index (χ3n) is 13.9. The number of furan rings is 2. The average molecular weight is 846 g/mol. The van der Waals surface area contributed by atoms with Gasteiger partial charge in [-0.3, -0.25) is 0 Å². The lowest BCUT2D eigenvalue weighted by Crippen LogP contribution is -2.17. The molecule has 3 nitrogen and oxygen atoms in total. The van der Waals surface area contributed by atoms with Crippen LogP contribution in [0.25, 0.3) is 99.5 Å². The summed E-state index contributed by atoms with van der Waals surface area (Å²) in [4.78, 5) is 2.40. The van der Waals surface area contributed by atoms with Crippen molar-refractivity contribution in [2.45, 2.75) is 19.3 Å². The Morgan fingerprint density at radius 3 is 1.32 bits per heavy atom. The van der Waals surface area contributed by atoms with E-state index in [-0.39, 0.29) is 5.41 Å². The quantitative estimate of drug-likeness (QED) is 0.160. The largest absolute Gasteiger partial charge is 0.455 e. The zero-order chi connectivity index (χ0) is 43.9. The van der Waals surface area contributed by atoms with Gasteiger partial charge >= 0.3 is 0 Å². The normalized spacial score (nSPS) is 12.8. The fraction of sp³-hybridized carbons (Fsp3) is 0.0476. The van der Waals surface area contributed by atoms with E-state index >= 15 is 0 Å². The van der Waals surface area contributed by atoms with E-state index in [0.29, 0.717) is 0 Å². The summed E-state index contributed by atoms with van der Waals surface area (Å²) in [6.45, 7) is 4.77. The molecule has 2 aromatic heterocycles. The Balaban J connectivity index is 1.01. The zero-order valence-electron chi connectivity index (χ0n) is 36.6. The molecule has 0 unspecified atom stereocenters. The minimum Gasteiger partial charge on any atom is -0.455 e. The maximum atomic E-state index is 6.80. The molecule has 0 saturated carbocycles. The molecular weight excluding hydrogens is 803 g/mol. The molecule has 13 rings (SSSR count). The van der Waals surface area contributed by atoms with Gasteiger partial charge in [-0.05, 0) is 116 Å². The molecule has 10 aromatic carbocycles. The highest BCUT2D eigenvalue weighted by Crippen LogP contribution is 2.56. The lowest BCUT2D eigenvalue weighted by atomic mass is 9.77. The van der Waals surface area contributed by atoms with Crippen molar-refractivity contribution in [3.63, 3.8) is 0 Å². The van der Waals surface area contributed by atoms with Crippen molar-refractivity contribution in [1.29, 1.82) is 0 Å². The summed E-state index contributed by atoms with van der Waals surface area (Å²) in [5.74, 6) is 0. The predicted molar refractivity (Wildman–Crippen MR) is 275 cm³/mol. The number of rotatable bonds is 7.